The summed E-state index contributed by atoms with van der Waals surface area (Å²) in [6, 6.07) is 0. The lowest BCUT2D eigenvalue weighted by atomic mass is 9.62. The first-order valence-corrected chi connectivity index (χ1v) is 10.5. The highest BCUT2D eigenvalue weighted by Gasteiger charge is 2.38. The smallest absolute Gasteiger partial charge is 0.330 e. The van der Waals surface area contributed by atoms with Crippen molar-refractivity contribution in [3.05, 3.63) is 12.7 Å². The maximum absolute atomic E-state index is 11.3. The lowest BCUT2D eigenvalue weighted by Gasteiger charge is -2.44. The van der Waals surface area contributed by atoms with Crippen LogP contribution >= 0.6 is 0 Å². The van der Waals surface area contributed by atoms with Crippen molar-refractivity contribution in [3.8, 4) is 0 Å². The van der Waals surface area contributed by atoms with Gasteiger partial charge in [0.1, 0.15) is 0 Å². The van der Waals surface area contributed by atoms with Crippen LogP contribution in [0.2, 0.25) is 0 Å². The monoisotopic (exact) mass is 350 g/mol. The molecule has 0 aromatic rings. The molecule has 2 aliphatic carbocycles. The minimum Gasteiger partial charge on any atom is -0.463 e. The van der Waals surface area contributed by atoms with Gasteiger partial charge in [0.15, 0.2) is 0 Å². The summed E-state index contributed by atoms with van der Waals surface area (Å²) in [5.74, 6) is 2.46. The van der Waals surface area contributed by atoms with Gasteiger partial charge >= 0.3 is 5.97 Å². The van der Waals surface area contributed by atoms with Crippen LogP contribution in [0.4, 0.5) is 0 Å². The second-order valence-corrected chi connectivity index (χ2v) is 8.50. The summed E-state index contributed by atoms with van der Waals surface area (Å²) in [5, 5.41) is 9.51. The van der Waals surface area contributed by atoms with E-state index in [0.717, 1.165) is 30.6 Å². The van der Waals surface area contributed by atoms with Gasteiger partial charge in [-0.15, -0.1) is 0 Å². The second kappa shape index (κ2) is 10.4. The van der Waals surface area contributed by atoms with Crippen molar-refractivity contribution < 1.29 is 14.6 Å². The van der Waals surface area contributed by atoms with Crippen LogP contribution in [-0.2, 0) is 9.53 Å². The number of rotatable bonds is 9. The highest BCUT2D eigenvalue weighted by Crippen LogP contribution is 2.48. The molecule has 3 heteroatoms. The number of hydrogen-bond donors (Lipinski definition) is 1. The summed E-state index contributed by atoms with van der Waals surface area (Å²) in [6.45, 7) is 6.44. The topological polar surface area (TPSA) is 46.5 Å². The van der Waals surface area contributed by atoms with E-state index in [1.807, 2.05) is 0 Å². The van der Waals surface area contributed by atoms with Crippen LogP contribution in [0, 0.1) is 23.2 Å². The number of aliphatic hydroxyl groups excluding tert-OH is 1. The van der Waals surface area contributed by atoms with Crippen LogP contribution in [0.3, 0.4) is 0 Å². The molecule has 0 atom stereocenters. The molecule has 144 valence electrons. The normalized spacial score (nSPS) is 33.0. The zero-order valence-corrected chi connectivity index (χ0v) is 16.2. The molecule has 2 fully saturated rings. The van der Waals surface area contributed by atoms with E-state index in [-0.39, 0.29) is 18.0 Å². The molecule has 2 rings (SSSR count). The van der Waals surface area contributed by atoms with Crippen LogP contribution in [0.5, 0.6) is 0 Å². The third kappa shape index (κ3) is 6.13. The fourth-order valence-electron chi connectivity index (χ4n) is 5.37. The van der Waals surface area contributed by atoms with E-state index in [1.165, 1.54) is 70.3 Å². The van der Waals surface area contributed by atoms with E-state index >= 15 is 0 Å². The van der Waals surface area contributed by atoms with Crippen molar-refractivity contribution >= 4 is 5.97 Å². The Morgan fingerprint density at radius 1 is 1.12 bits per heavy atom. The fourth-order valence-corrected chi connectivity index (χ4v) is 5.37. The van der Waals surface area contributed by atoms with Gasteiger partial charge in [0, 0.05) is 12.7 Å². The van der Waals surface area contributed by atoms with Crippen molar-refractivity contribution in [2.45, 2.75) is 84.0 Å². The molecule has 0 spiro atoms. The third-order valence-corrected chi connectivity index (χ3v) is 7.03. The standard InChI is InChI=1S/C22H38O3/c1-3-5-18-6-8-19(9-7-18)20-10-12-22(13-11-20,14-16-23)15-17-25-21(24)4-2/h4,18-20,23H,2-3,5-17H2,1H3. The Bertz CT molecular complexity index is 401. The number of carbonyl (C=O) groups excluding carboxylic acids is 1. The van der Waals surface area contributed by atoms with E-state index in [0.29, 0.717) is 6.61 Å². The molecular formula is C22H38O3. The first kappa shape index (κ1) is 20.5. The Balaban J connectivity index is 1.78. The lowest BCUT2D eigenvalue weighted by molar-refractivity contribution is -0.138. The van der Waals surface area contributed by atoms with Gasteiger partial charge in [0.25, 0.3) is 0 Å². The van der Waals surface area contributed by atoms with Crippen LogP contribution in [-0.4, -0.2) is 24.3 Å². The molecule has 0 aliphatic heterocycles. The molecule has 0 saturated heterocycles. The van der Waals surface area contributed by atoms with Gasteiger partial charge in [-0.25, -0.2) is 4.79 Å². The zero-order chi connectivity index (χ0) is 18.1. The summed E-state index contributed by atoms with van der Waals surface area (Å²) in [6.07, 6.45) is 16.4. The summed E-state index contributed by atoms with van der Waals surface area (Å²) < 4.78 is 5.20. The molecule has 1 N–H and O–H groups in total. The van der Waals surface area contributed by atoms with Crippen LogP contribution in [0.15, 0.2) is 12.7 Å². The molecule has 2 aliphatic rings. The Labute approximate surface area is 154 Å². The van der Waals surface area contributed by atoms with Gasteiger partial charge in [0.05, 0.1) is 6.61 Å². The maximum Gasteiger partial charge on any atom is 0.330 e. The van der Waals surface area contributed by atoms with E-state index in [2.05, 4.69) is 13.5 Å². The van der Waals surface area contributed by atoms with Crippen molar-refractivity contribution in [1.29, 1.82) is 0 Å². The summed E-state index contributed by atoms with van der Waals surface area (Å²) >= 11 is 0. The molecule has 0 aromatic heterocycles. The fraction of sp³-hybridized carbons (Fsp3) is 0.864. The highest BCUT2D eigenvalue weighted by molar-refractivity contribution is 5.81. The van der Waals surface area contributed by atoms with Gasteiger partial charge in [-0.05, 0) is 74.5 Å². The first-order valence-electron chi connectivity index (χ1n) is 10.5. The Morgan fingerprint density at radius 3 is 2.32 bits per heavy atom. The lowest BCUT2D eigenvalue weighted by Crippen LogP contribution is -2.33. The van der Waals surface area contributed by atoms with Gasteiger partial charge in [0.2, 0.25) is 0 Å². The molecule has 3 nitrogen and oxygen atoms in total. The summed E-state index contributed by atoms with van der Waals surface area (Å²) in [4.78, 5) is 11.3. The molecular weight excluding hydrogens is 312 g/mol. The highest BCUT2D eigenvalue weighted by atomic mass is 16.5. The largest absolute Gasteiger partial charge is 0.463 e. The molecule has 2 saturated carbocycles. The maximum atomic E-state index is 11.3. The van der Waals surface area contributed by atoms with Gasteiger partial charge in [-0.1, -0.05) is 39.2 Å². The zero-order valence-electron chi connectivity index (χ0n) is 16.2. The van der Waals surface area contributed by atoms with E-state index in [4.69, 9.17) is 4.74 Å². The van der Waals surface area contributed by atoms with Gasteiger partial charge in [-0.3, -0.25) is 0 Å². The number of esters is 1. The predicted octanol–water partition coefficient (Wildman–Crippen LogP) is 5.27. The van der Waals surface area contributed by atoms with Crippen molar-refractivity contribution in [2.24, 2.45) is 23.2 Å². The van der Waals surface area contributed by atoms with E-state index in [9.17, 15) is 9.90 Å². The number of carbonyl (C=O) groups is 1. The number of aliphatic hydroxyl groups is 1. The molecule has 0 bridgehead atoms. The second-order valence-electron chi connectivity index (χ2n) is 8.50. The van der Waals surface area contributed by atoms with Crippen molar-refractivity contribution in [3.63, 3.8) is 0 Å². The first-order chi connectivity index (χ1) is 12.1. The minimum atomic E-state index is -0.336. The Morgan fingerprint density at radius 2 is 1.76 bits per heavy atom. The van der Waals surface area contributed by atoms with Crippen LogP contribution in [0.1, 0.15) is 84.0 Å². The van der Waals surface area contributed by atoms with Crippen molar-refractivity contribution in [2.75, 3.05) is 13.2 Å². The van der Waals surface area contributed by atoms with E-state index in [1.54, 1.807) is 0 Å². The Kier molecular flexibility index (Phi) is 8.48. The minimum absolute atomic E-state index is 0.173. The summed E-state index contributed by atoms with van der Waals surface area (Å²) in [7, 11) is 0. The van der Waals surface area contributed by atoms with Gasteiger partial charge < -0.3 is 9.84 Å². The molecule has 0 amide bonds. The molecule has 0 heterocycles. The third-order valence-electron chi connectivity index (χ3n) is 7.03. The molecule has 25 heavy (non-hydrogen) atoms. The molecule has 0 radical (unpaired) electrons. The molecule has 0 aromatic carbocycles. The molecule has 0 unspecified atom stereocenters. The SMILES string of the molecule is C=CC(=O)OCCC1(CCO)CCC(C2CCC(CCC)CC2)CC1. The summed E-state index contributed by atoms with van der Waals surface area (Å²) in [5.41, 5.74) is 0.173. The predicted molar refractivity (Wildman–Crippen MR) is 102 cm³/mol. The van der Waals surface area contributed by atoms with E-state index < -0.39 is 0 Å². The average Bonchev–Trinajstić information content (AvgIpc) is 2.63. The Hall–Kier alpha value is -0.830. The average molecular weight is 351 g/mol. The van der Waals surface area contributed by atoms with Gasteiger partial charge in [-0.2, -0.15) is 0 Å². The van der Waals surface area contributed by atoms with Crippen molar-refractivity contribution in [1.82, 2.24) is 0 Å². The quantitative estimate of drug-likeness (QED) is 0.455. The number of hydrogen-bond acceptors (Lipinski definition) is 3. The van der Waals surface area contributed by atoms with Crippen LogP contribution < -0.4 is 0 Å². The number of ether oxygens (including phenoxy) is 1. The van der Waals surface area contributed by atoms with Crippen LogP contribution in [0.25, 0.3) is 0 Å².